The van der Waals surface area contributed by atoms with Gasteiger partial charge in [0.25, 0.3) is 0 Å². The number of carbonyl (C=O) groups is 3. The monoisotopic (exact) mass is 833 g/mol. The number of rotatable bonds is 44. The van der Waals surface area contributed by atoms with Crippen LogP contribution in [-0.2, 0) is 28.6 Å². The van der Waals surface area contributed by atoms with Gasteiger partial charge < -0.3 is 23.8 Å². The molecule has 8 nitrogen and oxygen atoms in total. The number of likely N-dealkylation sites (N-methyl/N-ethyl adjacent to an activating group) is 1. The third kappa shape index (κ3) is 40.7. The smallest absolute Gasteiger partial charge is 0.362 e. The molecule has 0 bridgehead atoms. The molecule has 8 heteroatoms. The summed E-state index contributed by atoms with van der Waals surface area (Å²) in [5, 5.41) is 9.63. The molecule has 2 atom stereocenters. The van der Waals surface area contributed by atoms with Gasteiger partial charge in [0.05, 0.1) is 34.4 Å². The van der Waals surface area contributed by atoms with E-state index in [1.807, 2.05) is 27.2 Å². The first kappa shape index (κ1) is 56.5. The zero-order valence-corrected chi connectivity index (χ0v) is 39.2. The lowest BCUT2D eigenvalue weighted by Crippen LogP contribution is -2.50. The minimum atomic E-state index is -0.876. The van der Waals surface area contributed by atoms with Crippen molar-refractivity contribution >= 4 is 17.9 Å². The average Bonchev–Trinajstić information content (AvgIpc) is 3.19. The summed E-state index contributed by atoms with van der Waals surface area (Å²) in [5.41, 5.74) is 0. The van der Waals surface area contributed by atoms with Crippen molar-refractivity contribution in [3.05, 3.63) is 36.5 Å². The summed E-state index contributed by atoms with van der Waals surface area (Å²) in [7, 11) is 5.53. The van der Waals surface area contributed by atoms with Crippen molar-refractivity contribution < 1.29 is 38.2 Å². The van der Waals surface area contributed by atoms with Gasteiger partial charge in [0.2, 0.25) is 0 Å². The van der Waals surface area contributed by atoms with E-state index >= 15 is 0 Å². The van der Waals surface area contributed by atoms with Crippen LogP contribution in [0.5, 0.6) is 0 Å². The number of carboxylic acid groups (broad SMARTS) is 1. The summed E-state index contributed by atoms with van der Waals surface area (Å²) >= 11 is 0. The highest BCUT2D eigenvalue weighted by molar-refractivity contribution is 5.72. The van der Waals surface area contributed by atoms with E-state index in [-0.39, 0.29) is 36.2 Å². The number of esters is 2. The second-order valence-corrected chi connectivity index (χ2v) is 17.8. The molecule has 0 saturated heterocycles. The summed E-state index contributed by atoms with van der Waals surface area (Å²) in [4.78, 5) is 37.0. The molecular weight excluding hydrogens is 739 g/mol. The van der Waals surface area contributed by atoms with Gasteiger partial charge >= 0.3 is 17.9 Å². The second-order valence-electron chi connectivity index (χ2n) is 17.8. The maximum absolute atomic E-state index is 12.8. The Morgan fingerprint density at radius 2 is 0.949 bits per heavy atom. The maximum Gasteiger partial charge on any atom is 0.362 e. The van der Waals surface area contributed by atoms with Crippen LogP contribution in [-0.4, -0.2) is 80.6 Å². The average molecular weight is 833 g/mol. The van der Waals surface area contributed by atoms with Crippen molar-refractivity contribution in [2.75, 3.05) is 41.0 Å². The van der Waals surface area contributed by atoms with Gasteiger partial charge in [0, 0.05) is 19.3 Å². The first-order valence-corrected chi connectivity index (χ1v) is 24.6. The maximum atomic E-state index is 12.8. The molecule has 0 aliphatic heterocycles. The van der Waals surface area contributed by atoms with E-state index in [0.717, 1.165) is 64.2 Å². The molecule has 0 aromatic rings. The van der Waals surface area contributed by atoms with Crippen molar-refractivity contribution in [1.29, 1.82) is 0 Å². The number of unbranched alkanes of at least 4 members (excludes halogenated alkanes) is 26. The predicted molar refractivity (Wildman–Crippen MR) is 248 cm³/mol. The molecule has 0 aliphatic carbocycles. The fourth-order valence-electron chi connectivity index (χ4n) is 7.33. The number of quaternary nitrogens is 1. The van der Waals surface area contributed by atoms with Gasteiger partial charge in [-0.3, -0.25) is 9.59 Å². The fourth-order valence-corrected chi connectivity index (χ4v) is 7.33. The quantitative estimate of drug-likeness (QED) is 0.0282. The number of hydrogen-bond acceptors (Lipinski definition) is 6. The first-order chi connectivity index (χ1) is 28.6. The Bertz CT molecular complexity index is 1060. The van der Waals surface area contributed by atoms with Crippen LogP contribution in [0.3, 0.4) is 0 Å². The lowest BCUT2D eigenvalue weighted by atomic mass is 10.0. The van der Waals surface area contributed by atoms with Gasteiger partial charge in [-0.15, -0.1) is 0 Å². The fraction of sp³-hybridized carbons (Fsp3) is 0.824. The molecular formula is C51H94NO7+. The van der Waals surface area contributed by atoms with E-state index in [1.54, 1.807) is 0 Å². The molecule has 0 aromatic carbocycles. The summed E-state index contributed by atoms with van der Waals surface area (Å²) < 4.78 is 17.3. The number of allylic oxidation sites excluding steroid dienone is 6. The van der Waals surface area contributed by atoms with Crippen LogP contribution in [0.2, 0.25) is 0 Å². The van der Waals surface area contributed by atoms with E-state index in [4.69, 9.17) is 14.2 Å². The van der Waals surface area contributed by atoms with Gasteiger partial charge in [-0.05, 0) is 32.1 Å². The van der Waals surface area contributed by atoms with Gasteiger partial charge in [0.1, 0.15) is 6.61 Å². The summed E-state index contributed by atoms with van der Waals surface area (Å²) in [6, 6.07) is -0.616. The third-order valence-electron chi connectivity index (χ3n) is 11.1. The molecule has 0 spiro atoms. The van der Waals surface area contributed by atoms with E-state index in [9.17, 15) is 19.5 Å². The van der Waals surface area contributed by atoms with Crippen molar-refractivity contribution in [3.8, 4) is 0 Å². The van der Waals surface area contributed by atoms with Crippen molar-refractivity contribution in [3.63, 3.8) is 0 Å². The van der Waals surface area contributed by atoms with Crippen LogP contribution in [0.4, 0.5) is 0 Å². The standard InChI is InChI=1S/C51H93NO7/c1-6-8-10-12-14-16-18-20-21-22-23-24-25-26-27-28-30-32-34-36-38-40-42-50(54)59-47(45-57-44-43-48(51(55)56)52(3,4)5)46-58-49(53)41-39-37-35-33-31-29-19-17-15-13-11-9-7-2/h9,11,13,15,17,19,47-48H,6-8,10,12,14,16,18,20-46H2,1-5H3/p+1/b11-9+,15-13+,19-17+. The Labute approximate surface area is 364 Å². The van der Waals surface area contributed by atoms with E-state index < -0.39 is 18.1 Å². The number of aliphatic carboxylic acids is 1. The first-order valence-electron chi connectivity index (χ1n) is 24.6. The molecule has 0 rings (SSSR count). The summed E-state index contributed by atoms with van der Waals surface area (Å²) in [6.07, 6.45) is 49.1. The van der Waals surface area contributed by atoms with Crippen molar-refractivity contribution in [1.82, 2.24) is 0 Å². The molecule has 59 heavy (non-hydrogen) atoms. The summed E-state index contributed by atoms with van der Waals surface area (Å²) in [6.45, 7) is 4.61. The molecule has 0 amide bonds. The largest absolute Gasteiger partial charge is 0.477 e. The van der Waals surface area contributed by atoms with Crippen LogP contribution in [0.1, 0.15) is 219 Å². The van der Waals surface area contributed by atoms with E-state index in [0.29, 0.717) is 19.3 Å². The Balaban J connectivity index is 4.20. The minimum Gasteiger partial charge on any atom is -0.477 e. The second kappa shape index (κ2) is 42.2. The molecule has 1 N–H and O–H groups in total. The molecule has 0 fully saturated rings. The Morgan fingerprint density at radius 1 is 0.525 bits per heavy atom. The van der Waals surface area contributed by atoms with Crippen LogP contribution in [0.15, 0.2) is 36.5 Å². The highest BCUT2D eigenvalue weighted by Gasteiger charge is 2.31. The minimum absolute atomic E-state index is 0.0571. The van der Waals surface area contributed by atoms with Gasteiger partial charge in [-0.2, -0.15) is 0 Å². The number of carbonyl (C=O) groups excluding carboxylic acids is 2. The zero-order valence-electron chi connectivity index (χ0n) is 39.2. The Hall–Kier alpha value is -2.45. The molecule has 344 valence electrons. The SMILES string of the molecule is CC/C=C/C=C/C=C/CCCCCCCC(=O)OCC(COCCC(C(=O)O)[N+](C)(C)C)OC(=O)CCCCCCCCCCCCCCCCCCCCCCCC. The Kier molecular flexibility index (Phi) is 40.5. The van der Waals surface area contributed by atoms with Gasteiger partial charge in [0.15, 0.2) is 12.1 Å². The molecule has 0 heterocycles. The number of hydrogen-bond donors (Lipinski definition) is 1. The highest BCUT2D eigenvalue weighted by atomic mass is 16.6. The van der Waals surface area contributed by atoms with Gasteiger partial charge in [-0.25, -0.2) is 4.79 Å². The van der Waals surface area contributed by atoms with Crippen LogP contribution in [0, 0.1) is 0 Å². The number of nitrogens with zero attached hydrogens (tertiary/aromatic N) is 1. The van der Waals surface area contributed by atoms with E-state index in [1.165, 1.54) is 122 Å². The number of ether oxygens (including phenoxy) is 3. The highest BCUT2D eigenvalue weighted by Crippen LogP contribution is 2.16. The summed E-state index contributed by atoms with van der Waals surface area (Å²) in [5.74, 6) is -1.48. The Morgan fingerprint density at radius 3 is 1.39 bits per heavy atom. The lowest BCUT2D eigenvalue weighted by molar-refractivity contribution is -0.887. The van der Waals surface area contributed by atoms with Crippen molar-refractivity contribution in [2.45, 2.75) is 231 Å². The molecule has 0 aromatic heterocycles. The van der Waals surface area contributed by atoms with Crippen LogP contribution >= 0.6 is 0 Å². The molecule has 0 saturated carbocycles. The third-order valence-corrected chi connectivity index (χ3v) is 11.1. The normalized spacial score (nSPS) is 13.2. The molecule has 0 radical (unpaired) electrons. The zero-order chi connectivity index (χ0) is 43.5. The van der Waals surface area contributed by atoms with Crippen LogP contribution in [0.25, 0.3) is 0 Å². The topological polar surface area (TPSA) is 99.1 Å². The number of carboxylic acids is 1. The lowest BCUT2D eigenvalue weighted by Gasteiger charge is -2.31. The molecule has 0 aliphatic rings. The molecule has 2 unspecified atom stereocenters. The van der Waals surface area contributed by atoms with Crippen LogP contribution < -0.4 is 0 Å². The van der Waals surface area contributed by atoms with Crippen molar-refractivity contribution in [2.24, 2.45) is 0 Å². The van der Waals surface area contributed by atoms with E-state index in [2.05, 4.69) is 44.2 Å². The predicted octanol–water partition coefficient (Wildman–Crippen LogP) is 13.8. The van der Waals surface area contributed by atoms with Gasteiger partial charge in [-0.1, -0.05) is 204 Å².